The van der Waals surface area contributed by atoms with Crippen LogP contribution in [0, 0.1) is 12.8 Å². The molecule has 3 heteroatoms. The summed E-state index contributed by atoms with van der Waals surface area (Å²) in [6.45, 7) is 2.83. The fourth-order valence-electron chi connectivity index (χ4n) is 2.45. The lowest BCUT2D eigenvalue weighted by molar-refractivity contribution is 0.0944. The molecule has 98 valence electrons. The number of hydrogen-bond donors (Lipinski definition) is 1. The number of amides is 1. The van der Waals surface area contributed by atoms with E-state index in [0.29, 0.717) is 10.7 Å². The van der Waals surface area contributed by atoms with Gasteiger partial charge in [-0.2, -0.15) is 0 Å². The molecule has 1 saturated carbocycles. The lowest BCUT2D eigenvalue weighted by Gasteiger charge is -2.25. The minimum atomic E-state index is 0.0479. The predicted molar refractivity (Wildman–Crippen MR) is 78.2 cm³/mol. The highest BCUT2D eigenvalue weighted by molar-refractivity contribution is 9.09. The summed E-state index contributed by atoms with van der Waals surface area (Å²) >= 11 is 3.68. The van der Waals surface area contributed by atoms with Gasteiger partial charge in [0.2, 0.25) is 0 Å². The second kappa shape index (κ2) is 6.37. The van der Waals surface area contributed by atoms with Crippen LogP contribution in [0.25, 0.3) is 0 Å². The number of halogens is 1. The third-order valence-corrected chi connectivity index (χ3v) is 4.42. The summed E-state index contributed by atoms with van der Waals surface area (Å²) < 4.78 is 0. The molecule has 0 bridgehead atoms. The fraction of sp³-hybridized carbons (Fsp3) is 0.533. The smallest absolute Gasteiger partial charge is 0.251 e. The average molecular weight is 310 g/mol. The molecule has 1 aliphatic rings. The molecular formula is C15H20BrNO. The lowest BCUT2D eigenvalue weighted by atomic mass is 9.89. The second-order valence-electron chi connectivity index (χ2n) is 5.21. The van der Waals surface area contributed by atoms with E-state index in [-0.39, 0.29) is 5.91 Å². The van der Waals surface area contributed by atoms with Gasteiger partial charge in [-0.15, -0.1) is 0 Å². The molecule has 0 saturated heterocycles. The maximum absolute atomic E-state index is 12.0. The van der Waals surface area contributed by atoms with Crippen LogP contribution in [-0.4, -0.2) is 17.3 Å². The van der Waals surface area contributed by atoms with Gasteiger partial charge in [-0.1, -0.05) is 40.0 Å². The maximum atomic E-state index is 12.0. The summed E-state index contributed by atoms with van der Waals surface area (Å²) in [5.74, 6) is 0.671. The number of hydrogen-bond acceptors (Lipinski definition) is 1. The molecule has 1 fully saturated rings. The molecule has 1 amide bonds. The molecule has 0 aromatic heterocycles. The lowest BCUT2D eigenvalue weighted by Crippen LogP contribution is -2.31. The zero-order valence-corrected chi connectivity index (χ0v) is 12.4. The van der Waals surface area contributed by atoms with Gasteiger partial charge in [-0.25, -0.2) is 0 Å². The van der Waals surface area contributed by atoms with Crippen LogP contribution in [0.2, 0.25) is 0 Å². The van der Waals surface area contributed by atoms with Crippen molar-refractivity contribution in [1.82, 2.24) is 5.32 Å². The van der Waals surface area contributed by atoms with E-state index in [2.05, 4.69) is 21.2 Å². The molecule has 1 N–H and O–H groups in total. The highest BCUT2D eigenvalue weighted by Gasteiger charge is 2.20. The zero-order chi connectivity index (χ0) is 13.0. The Morgan fingerprint density at radius 3 is 2.72 bits per heavy atom. The molecule has 2 unspecified atom stereocenters. The Hall–Kier alpha value is -0.830. The largest absolute Gasteiger partial charge is 0.352 e. The first-order valence-electron chi connectivity index (χ1n) is 6.64. The zero-order valence-electron chi connectivity index (χ0n) is 10.8. The topological polar surface area (TPSA) is 29.1 Å². The Morgan fingerprint density at radius 1 is 1.33 bits per heavy atom. The summed E-state index contributed by atoms with van der Waals surface area (Å²) in [6, 6.07) is 7.73. The summed E-state index contributed by atoms with van der Waals surface area (Å²) in [7, 11) is 0. The maximum Gasteiger partial charge on any atom is 0.251 e. The monoisotopic (exact) mass is 309 g/mol. The molecule has 2 atom stereocenters. The van der Waals surface area contributed by atoms with Crippen LogP contribution >= 0.6 is 15.9 Å². The molecule has 1 aromatic rings. The first kappa shape index (κ1) is 13.6. The van der Waals surface area contributed by atoms with E-state index < -0.39 is 0 Å². The van der Waals surface area contributed by atoms with E-state index in [1.807, 2.05) is 31.2 Å². The highest BCUT2D eigenvalue weighted by Crippen LogP contribution is 2.28. The summed E-state index contributed by atoms with van der Waals surface area (Å²) in [4.78, 5) is 12.6. The Labute approximate surface area is 117 Å². The predicted octanol–water partition coefficient (Wildman–Crippen LogP) is 3.68. The van der Waals surface area contributed by atoms with E-state index in [4.69, 9.17) is 0 Å². The Bertz CT molecular complexity index is 401. The van der Waals surface area contributed by atoms with Crippen molar-refractivity contribution in [2.24, 2.45) is 5.92 Å². The van der Waals surface area contributed by atoms with E-state index in [9.17, 15) is 4.79 Å². The SMILES string of the molecule is Cc1ccc(C(=O)NCC2CCCC(Br)C2)cc1. The molecule has 0 radical (unpaired) electrons. The van der Waals surface area contributed by atoms with Crippen LogP contribution in [0.4, 0.5) is 0 Å². The van der Waals surface area contributed by atoms with Gasteiger partial charge in [0.05, 0.1) is 0 Å². The second-order valence-corrected chi connectivity index (χ2v) is 6.50. The van der Waals surface area contributed by atoms with Gasteiger partial charge in [0.25, 0.3) is 5.91 Å². The molecular weight excluding hydrogens is 290 g/mol. The molecule has 0 heterocycles. The van der Waals surface area contributed by atoms with Crippen molar-refractivity contribution in [3.05, 3.63) is 35.4 Å². The van der Waals surface area contributed by atoms with Crippen molar-refractivity contribution >= 4 is 21.8 Å². The van der Waals surface area contributed by atoms with E-state index in [1.54, 1.807) is 0 Å². The molecule has 2 nitrogen and oxygen atoms in total. The Kier molecular flexibility index (Phi) is 4.81. The highest BCUT2D eigenvalue weighted by atomic mass is 79.9. The normalized spacial score (nSPS) is 23.7. The number of alkyl halides is 1. The molecule has 18 heavy (non-hydrogen) atoms. The molecule has 2 rings (SSSR count). The molecule has 0 spiro atoms. The number of carbonyl (C=O) groups excluding carboxylic acids is 1. The van der Waals surface area contributed by atoms with Crippen LogP contribution in [0.15, 0.2) is 24.3 Å². The van der Waals surface area contributed by atoms with Gasteiger partial charge in [-0.05, 0) is 44.2 Å². The van der Waals surface area contributed by atoms with Crippen LogP contribution in [-0.2, 0) is 0 Å². The first-order chi connectivity index (χ1) is 8.65. The van der Waals surface area contributed by atoms with Gasteiger partial charge in [0.15, 0.2) is 0 Å². The average Bonchev–Trinajstić information content (AvgIpc) is 2.37. The Balaban J connectivity index is 1.82. The number of aryl methyl sites for hydroxylation is 1. The summed E-state index contributed by atoms with van der Waals surface area (Å²) in [5, 5.41) is 3.05. The van der Waals surface area contributed by atoms with E-state index >= 15 is 0 Å². The fourth-order valence-corrected chi connectivity index (χ4v) is 3.31. The van der Waals surface area contributed by atoms with Crippen LogP contribution in [0.1, 0.15) is 41.6 Å². The summed E-state index contributed by atoms with van der Waals surface area (Å²) in [5.41, 5.74) is 1.94. The van der Waals surface area contributed by atoms with E-state index in [1.165, 1.54) is 31.2 Å². The molecule has 1 aromatic carbocycles. The first-order valence-corrected chi connectivity index (χ1v) is 7.55. The van der Waals surface area contributed by atoms with Crippen LogP contribution in [0.5, 0.6) is 0 Å². The van der Waals surface area contributed by atoms with Gasteiger partial charge in [-0.3, -0.25) is 4.79 Å². The number of benzene rings is 1. The number of carbonyl (C=O) groups is 1. The molecule has 0 aliphatic heterocycles. The van der Waals surface area contributed by atoms with Crippen molar-refractivity contribution in [2.45, 2.75) is 37.4 Å². The van der Waals surface area contributed by atoms with Gasteiger partial charge in [0, 0.05) is 16.9 Å². The third-order valence-electron chi connectivity index (χ3n) is 3.58. The minimum Gasteiger partial charge on any atom is -0.352 e. The van der Waals surface area contributed by atoms with Gasteiger partial charge in [0.1, 0.15) is 0 Å². The van der Waals surface area contributed by atoms with Crippen molar-refractivity contribution in [3.63, 3.8) is 0 Å². The van der Waals surface area contributed by atoms with Crippen molar-refractivity contribution < 1.29 is 4.79 Å². The quantitative estimate of drug-likeness (QED) is 0.848. The van der Waals surface area contributed by atoms with Crippen molar-refractivity contribution in [2.75, 3.05) is 6.54 Å². The number of nitrogens with one attached hydrogen (secondary N) is 1. The van der Waals surface area contributed by atoms with Crippen molar-refractivity contribution in [1.29, 1.82) is 0 Å². The van der Waals surface area contributed by atoms with Crippen molar-refractivity contribution in [3.8, 4) is 0 Å². The third kappa shape index (κ3) is 3.84. The van der Waals surface area contributed by atoms with Crippen LogP contribution < -0.4 is 5.32 Å². The standard InChI is InChI=1S/C15H20BrNO/c1-11-5-7-13(8-6-11)15(18)17-10-12-3-2-4-14(16)9-12/h5-8,12,14H,2-4,9-10H2,1H3,(H,17,18). The van der Waals surface area contributed by atoms with E-state index in [0.717, 1.165) is 12.1 Å². The Morgan fingerprint density at radius 2 is 2.06 bits per heavy atom. The molecule has 1 aliphatic carbocycles. The van der Waals surface area contributed by atoms with Gasteiger partial charge < -0.3 is 5.32 Å². The number of rotatable bonds is 3. The minimum absolute atomic E-state index is 0.0479. The van der Waals surface area contributed by atoms with Crippen LogP contribution in [0.3, 0.4) is 0 Å². The van der Waals surface area contributed by atoms with Gasteiger partial charge >= 0.3 is 0 Å². The summed E-state index contributed by atoms with van der Waals surface area (Å²) in [6.07, 6.45) is 4.94.